The van der Waals surface area contributed by atoms with Crippen LogP contribution in [-0.4, -0.2) is 34.9 Å². The lowest BCUT2D eigenvalue weighted by Gasteiger charge is -2.37. The lowest BCUT2D eigenvalue weighted by Crippen LogP contribution is -2.40. The van der Waals surface area contributed by atoms with Gasteiger partial charge in [-0.1, -0.05) is 47.7 Å². The highest BCUT2D eigenvalue weighted by atomic mass is 32.1. The molecule has 6 heteroatoms. The van der Waals surface area contributed by atoms with E-state index in [0.29, 0.717) is 0 Å². The number of hydrogen-bond donors (Lipinski definition) is 1. The van der Waals surface area contributed by atoms with Gasteiger partial charge < -0.3 is 10.1 Å². The predicted molar refractivity (Wildman–Crippen MR) is 99.8 cm³/mol. The molecule has 1 fully saturated rings. The minimum Gasteiger partial charge on any atom is -0.381 e. The van der Waals surface area contributed by atoms with Crippen LogP contribution in [0.25, 0.3) is 10.7 Å². The normalized spacial score (nSPS) is 16.5. The molecule has 0 saturated carbocycles. The third-order valence-electron chi connectivity index (χ3n) is 4.72. The summed E-state index contributed by atoms with van der Waals surface area (Å²) < 4.78 is 5.60. The van der Waals surface area contributed by atoms with Crippen LogP contribution in [0.1, 0.15) is 18.4 Å². The van der Waals surface area contributed by atoms with E-state index >= 15 is 0 Å². The average molecular weight is 352 g/mol. The minimum absolute atomic E-state index is 0.0797. The molecule has 1 aromatic carbocycles. The lowest BCUT2D eigenvalue weighted by atomic mass is 9.74. The first-order chi connectivity index (χ1) is 12.4. The minimum atomic E-state index is 0.0797. The van der Waals surface area contributed by atoms with Crippen molar-refractivity contribution in [2.45, 2.75) is 18.3 Å². The molecule has 0 aliphatic carbocycles. The summed E-state index contributed by atoms with van der Waals surface area (Å²) in [6.45, 7) is 2.43. The van der Waals surface area contributed by atoms with Crippen LogP contribution in [0.15, 0.2) is 54.7 Å². The van der Waals surface area contributed by atoms with Gasteiger partial charge in [0, 0.05) is 31.4 Å². The molecule has 0 radical (unpaired) electrons. The molecule has 3 aromatic rings. The van der Waals surface area contributed by atoms with Crippen LogP contribution in [0.5, 0.6) is 0 Å². The fourth-order valence-electron chi connectivity index (χ4n) is 3.25. The van der Waals surface area contributed by atoms with Crippen LogP contribution in [0, 0.1) is 0 Å². The third kappa shape index (κ3) is 3.55. The van der Waals surface area contributed by atoms with Crippen molar-refractivity contribution in [1.82, 2.24) is 15.2 Å². The largest absolute Gasteiger partial charge is 0.381 e. The number of anilines is 1. The summed E-state index contributed by atoms with van der Waals surface area (Å²) in [7, 11) is 0. The van der Waals surface area contributed by atoms with E-state index in [1.807, 2.05) is 18.2 Å². The van der Waals surface area contributed by atoms with Crippen molar-refractivity contribution in [3.05, 3.63) is 60.3 Å². The van der Waals surface area contributed by atoms with Gasteiger partial charge in [0.15, 0.2) is 5.01 Å². The summed E-state index contributed by atoms with van der Waals surface area (Å²) in [6.07, 6.45) is 3.79. The van der Waals surface area contributed by atoms with E-state index in [9.17, 15) is 0 Å². The molecular weight excluding hydrogens is 332 g/mol. The highest BCUT2D eigenvalue weighted by molar-refractivity contribution is 7.18. The second kappa shape index (κ2) is 7.29. The van der Waals surface area contributed by atoms with Crippen molar-refractivity contribution in [2.24, 2.45) is 0 Å². The summed E-state index contributed by atoms with van der Waals surface area (Å²) in [6, 6.07) is 16.5. The van der Waals surface area contributed by atoms with Gasteiger partial charge in [0.1, 0.15) is 5.69 Å². The molecule has 4 rings (SSSR count). The predicted octanol–water partition coefficient (Wildman–Crippen LogP) is 3.76. The smallest absolute Gasteiger partial charge is 0.206 e. The first-order valence-corrected chi connectivity index (χ1v) is 9.29. The molecular formula is C19H20N4OS. The first-order valence-electron chi connectivity index (χ1n) is 8.48. The van der Waals surface area contributed by atoms with Crippen LogP contribution in [0.2, 0.25) is 0 Å². The van der Waals surface area contributed by atoms with Gasteiger partial charge in [0.25, 0.3) is 0 Å². The quantitative estimate of drug-likeness (QED) is 0.757. The topological polar surface area (TPSA) is 59.9 Å². The Hall–Kier alpha value is -2.31. The molecule has 1 aliphatic rings. The summed E-state index contributed by atoms with van der Waals surface area (Å²) >= 11 is 1.54. The van der Waals surface area contributed by atoms with Crippen molar-refractivity contribution >= 4 is 16.5 Å². The molecule has 25 heavy (non-hydrogen) atoms. The maximum atomic E-state index is 5.60. The van der Waals surface area contributed by atoms with E-state index in [-0.39, 0.29) is 5.41 Å². The zero-order valence-electron chi connectivity index (χ0n) is 13.9. The molecule has 3 heterocycles. The second-order valence-electron chi connectivity index (χ2n) is 6.24. The van der Waals surface area contributed by atoms with Crippen LogP contribution in [0.4, 0.5) is 5.13 Å². The van der Waals surface area contributed by atoms with E-state index in [1.54, 1.807) is 17.5 Å². The maximum Gasteiger partial charge on any atom is 0.206 e. The summed E-state index contributed by atoms with van der Waals surface area (Å²) in [5.74, 6) is 0. The van der Waals surface area contributed by atoms with E-state index < -0.39 is 0 Å². The van der Waals surface area contributed by atoms with Gasteiger partial charge in [0.2, 0.25) is 5.13 Å². The Morgan fingerprint density at radius 2 is 1.80 bits per heavy atom. The number of nitrogens with zero attached hydrogens (tertiary/aromatic N) is 3. The summed E-state index contributed by atoms with van der Waals surface area (Å²) in [4.78, 5) is 4.34. The van der Waals surface area contributed by atoms with Gasteiger partial charge in [-0.15, -0.1) is 10.2 Å². The van der Waals surface area contributed by atoms with Gasteiger partial charge in [-0.3, -0.25) is 4.98 Å². The maximum absolute atomic E-state index is 5.60. The number of aromatic nitrogens is 3. The van der Waals surface area contributed by atoms with Crippen LogP contribution >= 0.6 is 11.3 Å². The second-order valence-corrected chi connectivity index (χ2v) is 7.22. The van der Waals surface area contributed by atoms with Gasteiger partial charge in [-0.25, -0.2) is 0 Å². The third-order valence-corrected chi connectivity index (χ3v) is 5.63. The van der Waals surface area contributed by atoms with Crippen molar-refractivity contribution in [2.75, 3.05) is 25.1 Å². The van der Waals surface area contributed by atoms with E-state index in [1.165, 1.54) is 5.56 Å². The Morgan fingerprint density at radius 3 is 2.56 bits per heavy atom. The van der Waals surface area contributed by atoms with E-state index in [0.717, 1.165) is 48.4 Å². The SMILES string of the molecule is c1ccc(C2(CNc3nnc(-c4ccccn4)s3)CCOCC2)cc1. The van der Waals surface area contributed by atoms with E-state index in [4.69, 9.17) is 4.74 Å². The molecule has 1 saturated heterocycles. The van der Waals surface area contributed by atoms with Crippen molar-refractivity contribution < 1.29 is 4.74 Å². The number of hydrogen-bond acceptors (Lipinski definition) is 6. The van der Waals surface area contributed by atoms with Crippen molar-refractivity contribution in [3.63, 3.8) is 0 Å². The Balaban J connectivity index is 1.51. The molecule has 0 atom stereocenters. The van der Waals surface area contributed by atoms with Crippen LogP contribution in [-0.2, 0) is 10.2 Å². The number of pyridine rings is 1. The molecule has 128 valence electrons. The molecule has 0 unspecified atom stereocenters. The standard InChI is InChI=1S/C19H20N4OS/c1-2-6-15(7-3-1)19(9-12-24-13-10-19)14-21-18-23-22-17(25-18)16-8-4-5-11-20-16/h1-8,11H,9-10,12-14H2,(H,21,23). The number of benzene rings is 1. The summed E-state index contributed by atoms with van der Waals surface area (Å²) in [5.41, 5.74) is 2.30. The van der Waals surface area contributed by atoms with Crippen molar-refractivity contribution in [1.29, 1.82) is 0 Å². The number of ether oxygens (including phenoxy) is 1. The van der Waals surface area contributed by atoms with Gasteiger partial charge >= 0.3 is 0 Å². The number of rotatable bonds is 5. The molecule has 5 nitrogen and oxygen atoms in total. The molecule has 2 aromatic heterocycles. The Labute approximate surface area is 151 Å². The molecule has 1 N–H and O–H groups in total. The van der Waals surface area contributed by atoms with Gasteiger partial charge in [-0.2, -0.15) is 0 Å². The molecule has 0 amide bonds. The highest BCUT2D eigenvalue weighted by Gasteiger charge is 2.34. The van der Waals surface area contributed by atoms with Crippen molar-refractivity contribution in [3.8, 4) is 10.7 Å². The van der Waals surface area contributed by atoms with Crippen LogP contribution < -0.4 is 5.32 Å². The van der Waals surface area contributed by atoms with E-state index in [2.05, 4.69) is 50.8 Å². The number of nitrogens with one attached hydrogen (secondary N) is 1. The highest BCUT2D eigenvalue weighted by Crippen LogP contribution is 2.35. The summed E-state index contributed by atoms with van der Waals surface area (Å²) in [5, 5.41) is 13.7. The van der Waals surface area contributed by atoms with Crippen LogP contribution in [0.3, 0.4) is 0 Å². The molecule has 1 aliphatic heterocycles. The van der Waals surface area contributed by atoms with Gasteiger partial charge in [0.05, 0.1) is 0 Å². The average Bonchev–Trinajstić information content (AvgIpc) is 3.18. The monoisotopic (exact) mass is 352 g/mol. The Kier molecular flexibility index (Phi) is 4.72. The zero-order valence-corrected chi connectivity index (χ0v) is 14.7. The molecule has 0 bridgehead atoms. The first kappa shape index (κ1) is 16.2. The van der Waals surface area contributed by atoms with Gasteiger partial charge in [-0.05, 0) is 30.5 Å². The lowest BCUT2D eigenvalue weighted by molar-refractivity contribution is 0.0544. The zero-order chi connectivity index (χ0) is 17.0. The fourth-order valence-corrected chi connectivity index (χ4v) is 3.97. The Morgan fingerprint density at radius 1 is 1.00 bits per heavy atom. The Bertz CT molecular complexity index is 801. The fraction of sp³-hybridized carbons (Fsp3) is 0.316. The molecule has 0 spiro atoms.